The molecule has 0 unspecified atom stereocenters. The van der Waals surface area contributed by atoms with Gasteiger partial charge in [0.1, 0.15) is 0 Å². The summed E-state index contributed by atoms with van der Waals surface area (Å²) in [6.45, 7) is 3.04. The van der Waals surface area contributed by atoms with Crippen molar-refractivity contribution in [2.24, 2.45) is 0 Å². The van der Waals surface area contributed by atoms with Gasteiger partial charge in [0, 0.05) is 18.3 Å². The van der Waals surface area contributed by atoms with Crippen molar-refractivity contribution in [2.75, 3.05) is 18.9 Å². The second-order valence-corrected chi connectivity index (χ2v) is 6.42. The molecule has 2 rings (SSSR count). The Bertz CT molecular complexity index is 762. The van der Waals surface area contributed by atoms with Gasteiger partial charge in [-0.1, -0.05) is 30.2 Å². The molecule has 26 heavy (non-hydrogen) atoms. The zero-order valence-electron chi connectivity index (χ0n) is 15.0. The van der Waals surface area contributed by atoms with Crippen molar-refractivity contribution in [1.82, 2.24) is 4.90 Å². The summed E-state index contributed by atoms with van der Waals surface area (Å²) < 4.78 is 38.4. The van der Waals surface area contributed by atoms with Crippen molar-refractivity contribution in [1.29, 1.82) is 0 Å². The molecule has 2 nitrogen and oxygen atoms in total. The van der Waals surface area contributed by atoms with E-state index < -0.39 is 11.7 Å². The van der Waals surface area contributed by atoms with Gasteiger partial charge in [-0.15, -0.1) is 6.42 Å². The fourth-order valence-corrected chi connectivity index (χ4v) is 2.67. The summed E-state index contributed by atoms with van der Waals surface area (Å²) in [6, 6.07) is 13.6. The maximum absolute atomic E-state index is 12.8. The van der Waals surface area contributed by atoms with Gasteiger partial charge in [0.15, 0.2) is 0 Å². The Hall–Kier alpha value is -2.45. The van der Waals surface area contributed by atoms with E-state index in [1.807, 2.05) is 31.3 Å². The topological polar surface area (TPSA) is 15.3 Å². The Morgan fingerprint density at radius 3 is 2.50 bits per heavy atom. The Morgan fingerprint density at radius 1 is 1.12 bits per heavy atom. The molecule has 138 valence electrons. The van der Waals surface area contributed by atoms with E-state index in [0.29, 0.717) is 24.7 Å². The minimum Gasteiger partial charge on any atom is -0.381 e. The summed E-state index contributed by atoms with van der Waals surface area (Å²) in [5, 5.41) is 3.19. The number of likely N-dealkylation sites (N-methyl/N-ethyl adjacent to an activating group) is 1. The second kappa shape index (κ2) is 8.77. The van der Waals surface area contributed by atoms with Gasteiger partial charge in [-0.3, -0.25) is 4.90 Å². The standard InChI is InChI=1S/C21H23F3N2/c1-4-11-26(3)16(2)12-17-7-6-10-20(14-17)25-15-18-8-5-9-19(13-18)21(22,23)24/h1,5-10,13-14,16,25H,11-12,15H2,2-3H3/t16-/m1/s1. The summed E-state index contributed by atoms with van der Waals surface area (Å²) in [4.78, 5) is 2.10. The number of anilines is 1. The number of rotatable bonds is 7. The third-order valence-corrected chi connectivity index (χ3v) is 4.30. The van der Waals surface area contributed by atoms with Crippen molar-refractivity contribution in [3.63, 3.8) is 0 Å². The molecule has 0 aliphatic heterocycles. The van der Waals surface area contributed by atoms with Gasteiger partial charge in [-0.05, 0) is 55.8 Å². The first-order valence-corrected chi connectivity index (χ1v) is 8.42. The highest BCUT2D eigenvalue weighted by atomic mass is 19.4. The van der Waals surface area contributed by atoms with E-state index in [2.05, 4.69) is 23.1 Å². The molecule has 0 amide bonds. The van der Waals surface area contributed by atoms with E-state index in [1.54, 1.807) is 6.07 Å². The largest absolute Gasteiger partial charge is 0.416 e. The lowest BCUT2D eigenvalue weighted by atomic mass is 10.1. The predicted molar refractivity (Wildman–Crippen MR) is 99.8 cm³/mol. The molecule has 0 saturated carbocycles. The van der Waals surface area contributed by atoms with Crippen molar-refractivity contribution in [3.05, 3.63) is 65.2 Å². The van der Waals surface area contributed by atoms with Crippen LogP contribution < -0.4 is 5.32 Å². The Morgan fingerprint density at radius 2 is 1.81 bits per heavy atom. The molecular weight excluding hydrogens is 337 g/mol. The molecule has 2 aromatic carbocycles. The molecule has 0 aliphatic rings. The third kappa shape index (κ3) is 5.82. The number of nitrogens with one attached hydrogen (secondary N) is 1. The van der Waals surface area contributed by atoms with Gasteiger partial charge in [0.2, 0.25) is 0 Å². The van der Waals surface area contributed by atoms with Crippen molar-refractivity contribution in [2.45, 2.75) is 32.1 Å². The second-order valence-electron chi connectivity index (χ2n) is 6.42. The molecule has 2 aromatic rings. The minimum absolute atomic E-state index is 0.296. The first kappa shape index (κ1) is 19.9. The normalized spacial score (nSPS) is 12.7. The van der Waals surface area contributed by atoms with Crippen LogP contribution in [0.5, 0.6) is 0 Å². The number of nitrogens with zero attached hydrogens (tertiary/aromatic N) is 1. The molecular formula is C21H23F3N2. The lowest BCUT2D eigenvalue weighted by molar-refractivity contribution is -0.137. The maximum Gasteiger partial charge on any atom is 0.416 e. The zero-order chi connectivity index (χ0) is 19.2. The highest BCUT2D eigenvalue weighted by molar-refractivity contribution is 5.46. The highest BCUT2D eigenvalue weighted by Gasteiger charge is 2.30. The van der Waals surface area contributed by atoms with Gasteiger partial charge >= 0.3 is 6.18 Å². The quantitative estimate of drug-likeness (QED) is 0.713. The van der Waals surface area contributed by atoms with Crippen LogP contribution in [-0.4, -0.2) is 24.5 Å². The van der Waals surface area contributed by atoms with E-state index >= 15 is 0 Å². The number of hydrogen-bond donors (Lipinski definition) is 1. The monoisotopic (exact) mass is 360 g/mol. The lowest BCUT2D eigenvalue weighted by Gasteiger charge is -2.22. The molecule has 0 aromatic heterocycles. The van der Waals surface area contributed by atoms with Crippen LogP contribution in [0.4, 0.5) is 18.9 Å². The van der Waals surface area contributed by atoms with Crippen LogP contribution in [0.1, 0.15) is 23.6 Å². The van der Waals surface area contributed by atoms with Crippen molar-refractivity contribution in [3.8, 4) is 12.3 Å². The summed E-state index contributed by atoms with van der Waals surface area (Å²) >= 11 is 0. The van der Waals surface area contributed by atoms with E-state index in [9.17, 15) is 13.2 Å². The molecule has 0 heterocycles. The van der Waals surface area contributed by atoms with Crippen molar-refractivity contribution < 1.29 is 13.2 Å². The average Bonchev–Trinajstić information content (AvgIpc) is 2.60. The summed E-state index contributed by atoms with van der Waals surface area (Å²) in [5.41, 5.74) is 1.99. The van der Waals surface area contributed by atoms with E-state index in [1.165, 1.54) is 12.1 Å². The van der Waals surface area contributed by atoms with Crippen LogP contribution in [0.2, 0.25) is 0 Å². The average molecular weight is 360 g/mol. The Labute approximate surface area is 153 Å². The molecule has 5 heteroatoms. The van der Waals surface area contributed by atoms with Crippen LogP contribution in [0, 0.1) is 12.3 Å². The molecule has 0 aliphatic carbocycles. The highest BCUT2D eigenvalue weighted by Crippen LogP contribution is 2.29. The first-order valence-electron chi connectivity index (χ1n) is 8.42. The fourth-order valence-electron chi connectivity index (χ4n) is 2.67. The molecule has 1 atom stereocenters. The summed E-state index contributed by atoms with van der Waals surface area (Å²) in [6.07, 6.45) is 1.87. The summed E-state index contributed by atoms with van der Waals surface area (Å²) in [5.74, 6) is 2.63. The lowest BCUT2D eigenvalue weighted by Crippen LogP contribution is -2.31. The first-order chi connectivity index (χ1) is 12.3. The number of hydrogen-bond acceptors (Lipinski definition) is 2. The van der Waals surface area contributed by atoms with Gasteiger partial charge in [0.05, 0.1) is 12.1 Å². The molecule has 0 radical (unpaired) electrons. The SMILES string of the molecule is C#CCN(C)[C@H](C)Cc1cccc(NCc2cccc(C(F)(F)F)c2)c1. The van der Waals surface area contributed by atoms with Crippen LogP contribution in [0.3, 0.4) is 0 Å². The number of alkyl halides is 3. The van der Waals surface area contributed by atoms with Crippen molar-refractivity contribution >= 4 is 5.69 Å². The van der Waals surface area contributed by atoms with E-state index in [4.69, 9.17) is 6.42 Å². The summed E-state index contributed by atoms with van der Waals surface area (Å²) in [7, 11) is 1.99. The van der Waals surface area contributed by atoms with Gasteiger partial charge in [-0.25, -0.2) is 0 Å². The third-order valence-electron chi connectivity index (χ3n) is 4.30. The van der Waals surface area contributed by atoms with Gasteiger partial charge in [-0.2, -0.15) is 13.2 Å². The smallest absolute Gasteiger partial charge is 0.381 e. The zero-order valence-corrected chi connectivity index (χ0v) is 15.0. The predicted octanol–water partition coefficient (Wildman–Crippen LogP) is 4.81. The molecule has 0 bridgehead atoms. The number of benzene rings is 2. The van der Waals surface area contributed by atoms with E-state index in [-0.39, 0.29) is 0 Å². The maximum atomic E-state index is 12.8. The van der Waals surface area contributed by atoms with E-state index in [0.717, 1.165) is 23.7 Å². The minimum atomic E-state index is -4.32. The number of terminal acetylenes is 1. The van der Waals surface area contributed by atoms with Gasteiger partial charge < -0.3 is 5.32 Å². The Kier molecular flexibility index (Phi) is 6.70. The number of halogens is 3. The van der Waals surface area contributed by atoms with Crippen LogP contribution >= 0.6 is 0 Å². The van der Waals surface area contributed by atoms with Gasteiger partial charge in [0.25, 0.3) is 0 Å². The van der Waals surface area contributed by atoms with Crippen LogP contribution in [0.25, 0.3) is 0 Å². The molecule has 0 spiro atoms. The Balaban J connectivity index is 2.00. The fraction of sp³-hybridized carbons (Fsp3) is 0.333. The van der Waals surface area contributed by atoms with Crippen LogP contribution in [-0.2, 0) is 19.1 Å². The molecule has 0 saturated heterocycles. The van der Waals surface area contributed by atoms with Crippen LogP contribution in [0.15, 0.2) is 48.5 Å². The molecule has 1 N–H and O–H groups in total. The molecule has 0 fully saturated rings.